The fourth-order valence-electron chi connectivity index (χ4n) is 1.77. The molecule has 0 saturated heterocycles. The number of aliphatic hydroxyl groups is 1. The van der Waals surface area contributed by atoms with Gasteiger partial charge in [-0.2, -0.15) is 8.78 Å². The molecule has 0 radical (unpaired) electrons. The molecule has 2 unspecified atom stereocenters. The monoisotopic (exact) mass is 289 g/mol. The fraction of sp³-hybridized carbons (Fsp3) is 0.571. The van der Waals surface area contributed by atoms with Gasteiger partial charge in [-0.15, -0.1) is 0 Å². The summed E-state index contributed by atoms with van der Waals surface area (Å²) < 4.78 is 33.9. The van der Waals surface area contributed by atoms with E-state index in [9.17, 15) is 13.9 Å². The highest BCUT2D eigenvalue weighted by molar-refractivity contribution is 5.43. The summed E-state index contributed by atoms with van der Waals surface area (Å²) in [6.07, 6.45) is 0.291. The summed E-state index contributed by atoms with van der Waals surface area (Å²) in [5, 5.41) is 12.4. The second-order valence-electron chi connectivity index (χ2n) is 4.60. The third-order valence-electron chi connectivity index (χ3n) is 2.92. The molecule has 0 aliphatic carbocycles. The van der Waals surface area contributed by atoms with Crippen molar-refractivity contribution in [1.82, 2.24) is 5.32 Å². The number of nitrogens with one attached hydrogen (secondary N) is 1. The van der Waals surface area contributed by atoms with Gasteiger partial charge in [-0.05, 0) is 44.5 Å². The Hall–Kier alpha value is -1.40. The maximum absolute atomic E-state index is 12.2. The van der Waals surface area contributed by atoms with Crippen molar-refractivity contribution >= 4 is 0 Å². The van der Waals surface area contributed by atoms with Crippen molar-refractivity contribution in [3.63, 3.8) is 0 Å². The lowest BCUT2D eigenvalue weighted by atomic mass is 10.1. The first-order valence-electron chi connectivity index (χ1n) is 6.48. The minimum atomic E-state index is -2.88. The van der Waals surface area contributed by atoms with Crippen LogP contribution in [0.15, 0.2) is 18.2 Å². The van der Waals surface area contributed by atoms with Gasteiger partial charge in [-0.3, -0.25) is 0 Å². The summed E-state index contributed by atoms with van der Waals surface area (Å²) in [6.45, 7) is 1.46. The topological polar surface area (TPSA) is 50.7 Å². The van der Waals surface area contributed by atoms with Gasteiger partial charge in [0.1, 0.15) is 0 Å². The third-order valence-corrected chi connectivity index (χ3v) is 2.92. The van der Waals surface area contributed by atoms with Crippen LogP contribution >= 0.6 is 0 Å². The number of hydrogen-bond acceptors (Lipinski definition) is 4. The van der Waals surface area contributed by atoms with Crippen molar-refractivity contribution in [3.05, 3.63) is 23.8 Å². The van der Waals surface area contributed by atoms with E-state index in [1.165, 1.54) is 13.2 Å². The van der Waals surface area contributed by atoms with Gasteiger partial charge in [0.25, 0.3) is 0 Å². The standard InChI is InChI=1S/C14H21F2NO3/c1-9(18)6-7-17-10(2)11-4-5-12(20-14(15)16)13(8-11)19-3/h4-5,8-10,14,17-18H,6-7H2,1-3H3. The quantitative estimate of drug-likeness (QED) is 0.772. The van der Waals surface area contributed by atoms with Crippen molar-refractivity contribution in [3.8, 4) is 11.5 Å². The van der Waals surface area contributed by atoms with Gasteiger partial charge in [0, 0.05) is 6.04 Å². The van der Waals surface area contributed by atoms with E-state index in [-0.39, 0.29) is 23.6 Å². The average molecular weight is 289 g/mol. The fourth-order valence-corrected chi connectivity index (χ4v) is 1.77. The molecule has 1 aromatic rings. The van der Waals surface area contributed by atoms with Crippen molar-refractivity contribution in [2.45, 2.75) is 39.0 Å². The second kappa shape index (κ2) is 8.01. The van der Waals surface area contributed by atoms with Crippen LogP contribution in [-0.4, -0.2) is 31.5 Å². The molecule has 0 amide bonds. The van der Waals surface area contributed by atoms with Crippen molar-refractivity contribution in [2.24, 2.45) is 0 Å². The molecule has 114 valence electrons. The predicted octanol–water partition coefficient (Wildman–Crippen LogP) is 2.72. The maximum atomic E-state index is 12.2. The molecule has 0 heterocycles. The van der Waals surface area contributed by atoms with E-state index in [0.29, 0.717) is 13.0 Å². The molecule has 1 aromatic carbocycles. The third kappa shape index (κ3) is 5.30. The number of rotatable bonds is 8. The van der Waals surface area contributed by atoms with Crippen LogP contribution in [0.1, 0.15) is 31.9 Å². The van der Waals surface area contributed by atoms with Gasteiger partial charge in [0.15, 0.2) is 11.5 Å². The van der Waals surface area contributed by atoms with Crippen LogP contribution in [0.3, 0.4) is 0 Å². The van der Waals surface area contributed by atoms with Crippen LogP contribution in [0.2, 0.25) is 0 Å². The van der Waals surface area contributed by atoms with Crippen LogP contribution in [0, 0.1) is 0 Å². The van der Waals surface area contributed by atoms with Crippen molar-refractivity contribution in [1.29, 1.82) is 0 Å². The number of benzene rings is 1. The van der Waals surface area contributed by atoms with E-state index < -0.39 is 6.61 Å². The smallest absolute Gasteiger partial charge is 0.387 e. The predicted molar refractivity (Wildman–Crippen MR) is 72.3 cm³/mol. The first kappa shape index (κ1) is 16.7. The van der Waals surface area contributed by atoms with Crippen LogP contribution in [-0.2, 0) is 0 Å². The molecule has 2 atom stereocenters. The largest absolute Gasteiger partial charge is 0.493 e. The summed E-state index contributed by atoms with van der Waals surface area (Å²) in [6, 6.07) is 4.86. The first-order valence-corrected chi connectivity index (χ1v) is 6.48. The molecule has 0 bridgehead atoms. The lowest BCUT2D eigenvalue weighted by Crippen LogP contribution is -2.22. The summed E-state index contributed by atoms with van der Waals surface area (Å²) in [7, 11) is 1.41. The molecule has 0 spiro atoms. The maximum Gasteiger partial charge on any atom is 0.387 e. The Morgan fingerprint density at radius 2 is 1.95 bits per heavy atom. The van der Waals surface area contributed by atoms with E-state index in [1.54, 1.807) is 19.1 Å². The zero-order valence-electron chi connectivity index (χ0n) is 11.9. The number of ether oxygens (including phenoxy) is 2. The molecule has 1 rings (SSSR count). The highest BCUT2D eigenvalue weighted by Crippen LogP contribution is 2.31. The van der Waals surface area contributed by atoms with E-state index in [4.69, 9.17) is 4.74 Å². The summed E-state index contributed by atoms with van der Waals surface area (Å²) in [5.74, 6) is 0.286. The Kier molecular flexibility index (Phi) is 6.67. The number of methoxy groups -OCH3 is 1. The molecule has 20 heavy (non-hydrogen) atoms. The molecule has 0 aromatic heterocycles. The van der Waals surface area contributed by atoms with Crippen LogP contribution in [0.25, 0.3) is 0 Å². The summed E-state index contributed by atoms with van der Waals surface area (Å²) >= 11 is 0. The van der Waals surface area contributed by atoms with Crippen LogP contribution in [0.4, 0.5) is 8.78 Å². The van der Waals surface area contributed by atoms with E-state index >= 15 is 0 Å². The van der Waals surface area contributed by atoms with Gasteiger partial charge < -0.3 is 19.9 Å². The van der Waals surface area contributed by atoms with Gasteiger partial charge in [-0.1, -0.05) is 6.07 Å². The molecule has 0 fully saturated rings. The Morgan fingerprint density at radius 1 is 1.25 bits per heavy atom. The molecule has 6 heteroatoms. The summed E-state index contributed by atoms with van der Waals surface area (Å²) in [4.78, 5) is 0. The molecular weight excluding hydrogens is 268 g/mol. The summed E-state index contributed by atoms with van der Waals surface area (Å²) in [5.41, 5.74) is 0.897. The zero-order chi connectivity index (χ0) is 15.1. The second-order valence-corrected chi connectivity index (χ2v) is 4.60. The number of aliphatic hydroxyl groups excluding tert-OH is 1. The molecule has 0 saturated carbocycles. The van der Waals surface area contributed by atoms with Crippen LogP contribution < -0.4 is 14.8 Å². The lowest BCUT2D eigenvalue weighted by Gasteiger charge is -2.17. The minimum absolute atomic E-state index is 0.0161. The van der Waals surface area contributed by atoms with Gasteiger partial charge in [0.05, 0.1) is 13.2 Å². The Balaban J connectivity index is 2.71. The van der Waals surface area contributed by atoms with Gasteiger partial charge in [0.2, 0.25) is 0 Å². The molecule has 4 nitrogen and oxygen atoms in total. The Bertz CT molecular complexity index is 413. The average Bonchev–Trinajstić information content (AvgIpc) is 2.37. The van der Waals surface area contributed by atoms with Crippen LogP contribution in [0.5, 0.6) is 11.5 Å². The molecular formula is C14H21F2NO3. The van der Waals surface area contributed by atoms with Gasteiger partial charge in [-0.25, -0.2) is 0 Å². The van der Waals surface area contributed by atoms with Crippen molar-refractivity contribution < 1.29 is 23.4 Å². The normalized spacial score (nSPS) is 14.2. The molecule has 2 N–H and O–H groups in total. The number of alkyl halides is 2. The van der Waals surface area contributed by atoms with E-state index in [0.717, 1.165) is 5.56 Å². The lowest BCUT2D eigenvalue weighted by molar-refractivity contribution is -0.0512. The van der Waals surface area contributed by atoms with E-state index in [1.807, 2.05) is 6.92 Å². The minimum Gasteiger partial charge on any atom is -0.493 e. The Morgan fingerprint density at radius 3 is 2.50 bits per heavy atom. The van der Waals surface area contributed by atoms with E-state index in [2.05, 4.69) is 10.1 Å². The zero-order valence-corrected chi connectivity index (χ0v) is 11.9. The molecule has 0 aliphatic rings. The SMILES string of the molecule is COc1cc(C(C)NCCC(C)O)ccc1OC(F)F. The first-order chi connectivity index (χ1) is 9.43. The molecule has 0 aliphatic heterocycles. The number of halogens is 2. The van der Waals surface area contributed by atoms with Crippen molar-refractivity contribution in [2.75, 3.05) is 13.7 Å². The Labute approximate surface area is 117 Å². The van der Waals surface area contributed by atoms with Gasteiger partial charge >= 0.3 is 6.61 Å². The highest BCUT2D eigenvalue weighted by atomic mass is 19.3. The highest BCUT2D eigenvalue weighted by Gasteiger charge is 2.13. The number of hydrogen-bond donors (Lipinski definition) is 2.